The van der Waals surface area contributed by atoms with E-state index in [4.69, 9.17) is 0 Å². The molecule has 13 nitrogen and oxygen atoms in total. The van der Waals surface area contributed by atoms with E-state index >= 15 is 0 Å². The fourth-order valence-corrected chi connectivity index (χ4v) is 8.28. The number of hydrogen-bond donors (Lipinski definition) is 4. The SMILES string of the molecule is CCNC(=O)C(=O)[C@@H]1CCCCCCCCC[C@H](NC(=O)N[C@H](CN2C(=O)CC(C)(C)CC2=O)C(C)(C)C)C(=O)N2C[C@H]3[C@@H]([C@H]2C(=O)N1)C3(C)C. The van der Waals surface area contributed by atoms with Crippen LogP contribution in [0.4, 0.5) is 4.79 Å². The second-order valence-electron chi connectivity index (χ2n) is 17.7. The molecule has 0 bridgehead atoms. The topological polar surface area (TPSA) is 174 Å². The van der Waals surface area contributed by atoms with Gasteiger partial charge in [-0.3, -0.25) is 33.7 Å². The molecule has 3 heterocycles. The lowest BCUT2D eigenvalue weighted by atomic mass is 9.80. The van der Waals surface area contributed by atoms with Crippen molar-refractivity contribution in [2.24, 2.45) is 28.1 Å². The number of Topliss-reactive ketones (excluding diaryl/α,β-unsaturated/α-hetero) is 1. The third-order valence-electron chi connectivity index (χ3n) is 11.6. The highest BCUT2D eigenvalue weighted by atomic mass is 16.2. The number of imide groups is 1. The first-order valence-electron chi connectivity index (χ1n) is 19.1. The summed E-state index contributed by atoms with van der Waals surface area (Å²) in [7, 11) is 0. The number of carbonyl (C=O) groups excluding carboxylic acids is 7. The maximum atomic E-state index is 14.4. The Morgan fingerprint density at radius 1 is 0.882 bits per heavy atom. The number of carbonyl (C=O) groups is 7. The Bertz CT molecular complexity index is 1350. The van der Waals surface area contributed by atoms with Crippen molar-refractivity contribution < 1.29 is 33.6 Å². The minimum absolute atomic E-state index is 0.0201. The quantitative estimate of drug-likeness (QED) is 0.231. The van der Waals surface area contributed by atoms with E-state index in [2.05, 4.69) is 35.1 Å². The van der Waals surface area contributed by atoms with Crippen LogP contribution in [0.3, 0.4) is 0 Å². The molecule has 286 valence electrons. The van der Waals surface area contributed by atoms with Crippen LogP contribution in [0.15, 0.2) is 0 Å². The lowest BCUT2D eigenvalue weighted by molar-refractivity contribution is -0.153. The normalized spacial score (nSPS) is 29.3. The number of amides is 7. The van der Waals surface area contributed by atoms with E-state index < -0.39 is 58.6 Å². The van der Waals surface area contributed by atoms with Gasteiger partial charge in [0.25, 0.3) is 5.91 Å². The molecule has 0 spiro atoms. The van der Waals surface area contributed by atoms with Crippen molar-refractivity contribution in [2.45, 2.75) is 150 Å². The van der Waals surface area contributed by atoms with Gasteiger partial charge in [-0.25, -0.2) is 4.79 Å². The zero-order valence-electron chi connectivity index (χ0n) is 32.1. The van der Waals surface area contributed by atoms with Gasteiger partial charge in [-0.15, -0.1) is 0 Å². The number of nitrogens with one attached hydrogen (secondary N) is 4. The lowest BCUT2D eigenvalue weighted by Crippen LogP contribution is -2.61. The van der Waals surface area contributed by atoms with Gasteiger partial charge in [0, 0.05) is 32.5 Å². The number of fused-ring (bicyclic) bond motifs is 3. The molecule has 0 unspecified atom stereocenters. The number of nitrogens with zero attached hydrogens (tertiary/aromatic N) is 2. The summed E-state index contributed by atoms with van der Waals surface area (Å²) < 4.78 is 0. The molecule has 0 aromatic carbocycles. The molecule has 51 heavy (non-hydrogen) atoms. The Balaban J connectivity index is 1.55. The van der Waals surface area contributed by atoms with Crippen LogP contribution < -0.4 is 21.3 Å². The van der Waals surface area contributed by atoms with Gasteiger partial charge >= 0.3 is 6.03 Å². The summed E-state index contributed by atoms with van der Waals surface area (Å²) in [6, 6.07) is -3.93. The summed E-state index contributed by atoms with van der Waals surface area (Å²) in [5, 5.41) is 11.3. The van der Waals surface area contributed by atoms with Crippen LogP contribution in [0, 0.1) is 28.1 Å². The maximum Gasteiger partial charge on any atom is 0.315 e. The predicted molar refractivity (Wildman–Crippen MR) is 192 cm³/mol. The molecule has 0 aromatic heterocycles. The van der Waals surface area contributed by atoms with Gasteiger partial charge in [-0.1, -0.05) is 93.4 Å². The van der Waals surface area contributed by atoms with Gasteiger partial charge in [0.2, 0.25) is 29.4 Å². The van der Waals surface area contributed by atoms with E-state index in [1.54, 1.807) is 11.8 Å². The number of ketones is 1. The van der Waals surface area contributed by atoms with Gasteiger partial charge in [-0.2, -0.15) is 0 Å². The maximum absolute atomic E-state index is 14.4. The molecule has 4 aliphatic rings. The molecule has 1 saturated carbocycles. The Hall–Kier alpha value is -3.51. The highest BCUT2D eigenvalue weighted by Gasteiger charge is 2.69. The Labute approximate surface area is 303 Å². The summed E-state index contributed by atoms with van der Waals surface area (Å²) in [4.78, 5) is 96.7. The van der Waals surface area contributed by atoms with Crippen molar-refractivity contribution >= 4 is 41.4 Å². The molecule has 1 aliphatic carbocycles. The van der Waals surface area contributed by atoms with E-state index in [-0.39, 0.29) is 54.4 Å². The summed E-state index contributed by atoms with van der Waals surface area (Å²) in [5.41, 5.74) is -1.13. The van der Waals surface area contributed by atoms with E-state index in [1.807, 2.05) is 34.6 Å². The monoisotopic (exact) mass is 714 g/mol. The molecule has 0 radical (unpaired) electrons. The second kappa shape index (κ2) is 16.0. The average molecular weight is 715 g/mol. The van der Waals surface area contributed by atoms with Gasteiger partial charge in [-0.05, 0) is 47.8 Å². The fraction of sp³-hybridized carbons (Fsp3) is 0.816. The summed E-state index contributed by atoms with van der Waals surface area (Å²) in [6.07, 6.45) is 7.20. The van der Waals surface area contributed by atoms with E-state index in [9.17, 15) is 33.6 Å². The molecule has 6 atom stereocenters. The number of likely N-dealkylation sites (N-methyl/N-ethyl adjacent to an activating group) is 1. The smallest absolute Gasteiger partial charge is 0.315 e. The number of rotatable bonds is 7. The third-order valence-corrected chi connectivity index (χ3v) is 11.6. The van der Waals surface area contributed by atoms with Crippen LogP contribution >= 0.6 is 0 Å². The van der Waals surface area contributed by atoms with Crippen LogP contribution in [-0.4, -0.2) is 95.0 Å². The number of urea groups is 1. The average Bonchev–Trinajstić information content (AvgIpc) is 3.33. The van der Waals surface area contributed by atoms with Crippen molar-refractivity contribution in [2.75, 3.05) is 19.6 Å². The van der Waals surface area contributed by atoms with E-state index in [0.29, 0.717) is 38.8 Å². The van der Waals surface area contributed by atoms with Crippen molar-refractivity contribution in [3.8, 4) is 0 Å². The fourth-order valence-electron chi connectivity index (χ4n) is 8.28. The number of piperidine rings is 2. The van der Waals surface area contributed by atoms with Crippen molar-refractivity contribution in [3.63, 3.8) is 0 Å². The lowest BCUT2D eigenvalue weighted by Gasteiger charge is -2.40. The van der Waals surface area contributed by atoms with E-state index in [1.165, 1.54) is 4.90 Å². The first-order chi connectivity index (χ1) is 23.8. The highest BCUT2D eigenvalue weighted by Crippen LogP contribution is 2.65. The number of hydrogen-bond acceptors (Lipinski definition) is 7. The minimum Gasteiger partial charge on any atom is -0.350 e. The molecule has 3 aliphatic heterocycles. The van der Waals surface area contributed by atoms with Crippen molar-refractivity contribution in [3.05, 3.63) is 0 Å². The standard InChI is InChI=1S/C38H62N6O7/c1-9-39-33(49)31(47)24-17-15-13-11-10-12-14-16-18-25(34(50)44-21-23-29(38(23,7)8)30(44)32(48)40-24)41-35(51)42-26(36(2,3)4)22-43-27(45)19-37(5,6)20-28(43)46/h23-26,29-30H,9-22H2,1-8H3,(H,39,49)(H,40,48)(H2,41,42,51)/t23-,24-,25-,26+,29-,30-/m0/s1. The predicted octanol–water partition coefficient (Wildman–Crippen LogP) is 3.44. The molecule has 3 saturated heterocycles. The van der Waals surface area contributed by atoms with Gasteiger partial charge in [0.1, 0.15) is 12.1 Å². The molecule has 13 heteroatoms. The van der Waals surface area contributed by atoms with Crippen LogP contribution in [0.1, 0.15) is 126 Å². The molecule has 7 amide bonds. The van der Waals surface area contributed by atoms with Crippen LogP contribution in [0.2, 0.25) is 0 Å². The van der Waals surface area contributed by atoms with Gasteiger partial charge in [0.05, 0.1) is 12.1 Å². The first-order valence-corrected chi connectivity index (χ1v) is 19.1. The molecular formula is C38H62N6O7. The Kier molecular flexibility index (Phi) is 12.6. The van der Waals surface area contributed by atoms with Crippen LogP contribution in [0.25, 0.3) is 0 Å². The largest absolute Gasteiger partial charge is 0.350 e. The highest BCUT2D eigenvalue weighted by molar-refractivity contribution is 6.38. The van der Waals surface area contributed by atoms with Crippen LogP contribution in [0.5, 0.6) is 0 Å². The van der Waals surface area contributed by atoms with Crippen molar-refractivity contribution in [1.82, 2.24) is 31.1 Å². The van der Waals surface area contributed by atoms with Gasteiger partial charge in [0.15, 0.2) is 0 Å². The summed E-state index contributed by atoms with van der Waals surface area (Å²) in [5.74, 6) is -2.80. The summed E-state index contributed by atoms with van der Waals surface area (Å²) in [6.45, 7) is 16.1. The van der Waals surface area contributed by atoms with E-state index in [0.717, 1.165) is 32.1 Å². The second-order valence-corrected chi connectivity index (χ2v) is 17.7. The summed E-state index contributed by atoms with van der Waals surface area (Å²) >= 11 is 0. The number of likely N-dealkylation sites (tertiary alicyclic amines) is 1. The Morgan fingerprint density at radius 3 is 2.02 bits per heavy atom. The minimum atomic E-state index is -0.992. The third kappa shape index (κ3) is 9.68. The van der Waals surface area contributed by atoms with Crippen molar-refractivity contribution in [1.29, 1.82) is 0 Å². The first kappa shape index (κ1) is 40.3. The van der Waals surface area contributed by atoms with Crippen LogP contribution in [-0.2, 0) is 28.8 Å². The zero-order valence-corrected chi connectivity index (χ0v) is 32.1. The molecule has 4 rings (SSSR count). The molecule has 4 fully saturated rings. The Morgan fingerprint density at radius 2 is 1.45 bits per heavy atom. The zero-order chi connectivity index (χ0) is 37.9. The molecular weight excluding hydrogens is 652 g/mol. The molecule has 0 aromatic rings. The van der Waals surface area contributed by atoms with Gasteiger partial charge < -0.3 is 26.2 Å². The molecule has 4 N–H and O–H groups in total.